The molecule has 136 valence electrons. The van der Waals surface area contributed by atoms with Crippen LogP contribution >= 0.6 is 0 Å². The number of hydrogen-bond donors (Lipinski definition) is 0. The fraction of sp³-hybridized carbons (Fsp3) is 0.789. The van der Waals surface area contributed by atoms with E-state index in [1.54, 1.807) is 0 Å². The Hall–Kier alpha value is -0.680. The number of rotatable bonds is 12. The fourth-order valence-electron chi connectivity index (χ4n) is 2.60. The number of allylic oxidation sites excluding steroid dienone is 2. The van der Waals surface area contributed by atoms with Crippen LogP contribution in [-0.2, 0) is 18.9 Å². The third-order valence-electron chi connectivity index (χ3n) is 3.85. The first kappa shape index (κ1) is 22.3. The van der Waals surface area contributed by atoms with Crippen LogP contribution in [0.3, 0.4) is 0 Å². The Labute approximate surface area is 142 Å². The van der Waals surface area contributed by atoms with Gasteiger partial charge in [-0.3, -0.25) is 0 Å². The third-order valence-corrected chi connectivity index (χ3v) is 3.85. The molecule has 0 bridgehead atoms. The van der Waals surface area contributed by atoms with Gasteiger partial charge in [-0.2, -0.15) is 0 Å². The average Bonchev–Trinajstić information content (AvgIpc) is 2.54. The second-order valence-corrected chi connectivity index (χ2v) is 5.31. The van der Waals surface area contributed by atoms with E-state index in [0.717, 1.165) is 17.6 Å². The molecule has 4 heteroatoms. The maximum absolute atomic E-state index is 5.75. The van der Waals surface area contributed by atoms with Crippen molar-refractivity contribution in [1.82, 2.24) is 0 Å². The van der Waals surface area contributed by atoms with Gasteiger partial charge >= 0.3 is 0 Å². The highest BCUT2D eigenvalue weighted by atomic mass is 16.7. The van der Waals surface area contributed by atoms with Crippen LogP contribution in [-0.4, -0.2) is 39.0 Å². The van der Waals surface area contributed by atoms with Crippen LogP contribution < -0.4 is 0 Å². The molecule has 0 heterocycles. The second kappa shape index (κ2) is 12.7. The number of hydrogen-bond acceptors (Lipinski definition) is 4. The predicted octanol–water partition coefficient (Wildman–Crippen LogP) is 4.85. The molecule has 0 aliphatic rings. The van der Waals surface area contributed by atoms with Gasteiger partial charge in [0.25, 0.3) is 0 Å². The summed E-state index contributed by atoms with van der Waals surface area (Å²) in [6.45, 7) is 18.9. The first-order chi connectivity index (χ1) is 11.0. The molecule has 23 heavy (non-hydrogen) atoms. The lowest BCUT2D eigenvalue weighted by Crippen LogP contribution is -2.22. The molecule has 0 unspecified atom stereocenters. The van der Waals surface area contributed by atoms with E-state index in [1.165, 1.54) is 11.1 Å². The molecule has 0 spiro atoms. The van der Waals surface area contributed by atoms with Crippen molar-refractivity contribution < 1.29 is 18.9 Å². The first-order valence-electron chi connectivity index (χ1n) is 8.81. The highest BCUT2D eigenvalue weighted by Crippen LogP contribution is 2.27. The Kier molecular flexibility index (Phi) is 12.3. The molecule has 4 nitrogen and oxygen atoms in total. The molecule has 0 atom stereocenters. The van der Waals surface area contributed by atoms with Gasteiger partial charge in [0.15, 0.2) is 12.6 Å². The lowest BCUT2D eigenvalue weighted by atomic mass is 9.95. The minimum atomic E-state index is -0.294. The van der Waals surface area contributed by atoms with Crippen LogP contribution in [0.2, 0.25) is 0 Å². The van der Waals surface area contributed by atoms with Crippen molar-refractivity contribution in [2.24, 2.45) is 0 Å². The van der Waals surface area contributed by atoms with Gasteiger partial charge < -0.3 is 18.9 Å². The van der Waals surface area contributed by atoms with E-state index in [1.807, 2.05) is 27.7 Å². The molecular formula is C19H36O4. The largest absolute Gasteiger partial charge is 0.349 e. The van der Waals surface area contributed by atoms with Crippen LogP contribution in [0.1, 0.15) is 61.8 Å². The lowest BCUT2D eigenvalue weighted by Gasteiger charge is -2.24. The van der Waals surface area contributed by atoms with E-state index in [0.29, 0.717) is 26.4 Å². The highest BCUT2D eigenvalue weighted by molar-refractivity contribution is 5.38. The first-order valence-corrected chi connectivity index (χ1v) is 8.81. The van der Waals surface area contributed by atoms with Gasteiger partial charge in [-0.15, -0.1) is 0 Å². The summed E-state index contributed by atoms with van der Waals surface area (Å²) < 4.78 is 23.0. The lowest BCUT2D eigenvalue weighted by molar-refractivity contribution is -0.113. The molecule has 0 radical (unpaired) electrons. The van der Waals surface area contributed by atoms with E-state index in [2.05, 4.69) is 27.7 Å². The van der Waals surface area contributed by atoms with Crippen molar-refractivity contribution in [3.63, 3.8) is 0 Å². The van der Waals surface area contributed by atoms with Crippen molar-refractivity contribution in [2.75, 3.05) is 26.4 Å². The zero-order chi connectivity index (χ0) is 17.8. The minimum absolute atomic E-state index is 0.291. The second-order valence-electron chi connectivity index (χ2n) is 5.31. The molecule has 0 aromatic heterocycles. The summed E-state index contributed by atoms with van der Waals surface area (Å²) in [4.78, 5) is 0. The molecule has 0 aromatic rings. The summed E-state index contributed by atoms with van der Waals surface area (Å²) in [5.41, 5.74) is 4.68. The average molecular weight is 328 g/mol. The minimum Gasteiger partial charge on any atom is -0.349 e. The molecule has 0 rings (SSSR count). The normalized spacial score (nSPS) is 14.3. The van der Waals surface area contributed by atoms with E-state index in [-0.39, 0.29) is 12.6 Å². The Balaban J connectivity index is 5.66. The van der Waals surface area contributed by atoms with E-state index in [9.17, 15) is 0 Å². The van der Waals surface area contributed by atoms with Crippen LogP contribution in [0, 0.1) is 0 Å². The monoisotopic (exact) mass is 328 g/mol. The Bertz CT molecular complexity index is 373. The Morgan fingerprint density at radius 1 is 0.609 bits per heavy atom. The summed E-state index contributed by atoms with van der Waals surface area (Å²) in [5.74, 6) is 0. The fourth-order valence-corrected chi connectivity index (χ4v) is 2.60. The van der Waals surface area contributed by atoms with E-state index < -0.39 is 0 Å². The van der Waals surface area contributed by atoms with Crippen molar-refractivity contribution in [2.45, 2.75) is 74.4 Å². The van der Waals surface area contributed by atoms with Crippen molar-refractivity contribution in [3.8, 4) is 0 Å². The number of ether oxygens (including phenoxy) is 4. The third kappa shape index (κ3) is 7.17. The van der Waals surface area contributed by atoms with Gasteiger partial charge in [-0.05, 0) is 77.2 Å². The van der Waals surface area contributed by atoms with Gasteiger partial charge in [0, 0.05) is 26.4 Å². The Morgan fingerprint density at radius 2 is 0.957 bits per heavy atom. The molecular weight excluding hydrogens is 292 g/mol. The molecule has 0 saturated heterocycles. The zero-order valence-corrected chi connectivity index (χ0v) is 16.3. The molecule has 0 aromatic carbocycles. The summed E-state index contributed by atoms with van der Waals surface area (Å²) in [6, 6.07) is 0. The van der Waals surface area contributed by atoms with Crippen molar-refractivity contribution in [3.05, 3.63) is 22.3 Å². The maximum Gasteiger partial charge on any atom is 0.180 e. The van der Waals surface area contributed by atoms with Gasteiger partial charge in [-0.25, -0.2) is 0 Å². The molecule has 0 N–H and O–H groups in total. The van der Waals surface area contributed by atoms with Crippen LogP contribution in [0.4, 0.5) is 0 Å². The molecule has 0 aliphatic heterocycles. The van der Waals surface area contributed by atoms with Gasteiger partial charge in [0.05, 0.1) is 0 Å². The topological polar surface area (TPSA) is 36.9 Å². The molecule has 0 aliphatic carbocycles. The molecule has 0 amide bonds. The summed E-state index contributed by atoms with van der Waals surface area (Å²) in [6.07, 6.45) is 0.328. The predicted molar refractivity (Wildman–Crippen MR) is 95.4 cm³/mol. The summed E-state index contributed by atoms with van der Waals surface area (Å²) in [7, 11) is 0. The van der Waals surface area contributed by atoms with Crippen LogP contribution in [0.15, 0.2) is 22.3 Å². The van der Waals surface area contributed by atoms with Gasteiger partial charge in [0.1, 0.15) is 0 Å². The van der Waals surface area contributed by atoms with Crippen molar-refractivity contribution >= 4 is 0 Å². The standard InChI is InChI=1S/C19H36O4/c1-9-17(16(8)19(22-12-4)23-13-5)14(6)15(7)18(20-10-2)21-11-3/h18-19H,9-13H2,1-8H3. The SMILES string of the molecule is CCOC(OCC)C(C)=C(C)C(CC)=C(C)C(OCC)OCC. The van der Waals surface area contributed by atoms with Crippen molar-refractivity contribution in [1.29, 1.82) is 0 Å². The maximum atomic E-state index is 5.75. The molecule has 0 saturated carbocycles. The summed E-state index contributed by atoms with van der Waals surface area (Å²) >= 11 is 0. The Morgan fingerprint density at radius 3 is 1.26 bits per heavy atom. The van der Waals surface area contributed by atoms with Gasteiger partial charge in [-0.1, -0.05) is 6.92 Å². The zero-order valence-electron chi connectivity index (χ0n) is 16.3. The highest BCUT2D eigenvalue weighted by Gasteiger charge is 2.19. The smallest absolute Gasteiger partial charge is 0.180 e. The summed E-state index contributed by atoms with van der Waals surface area (Å²) in [5, 5.41) is 0. The van der Waals surface area contributed by atoms with Crippen LogP contribution in [0.5, 0.6) is 0 Å². The quantitative estimate of drug-likeness (QED) is 0.379. The van der Waals surface area contributed by atoms with E-state index in [4.69, 9.17) is 18.9 Å². The molecule has 0 fully saturated rings. The van der Waals surface area contributed by atoms with Crippen LogP contribution in [0.25, 0.3) is 0 Å². The van der Waals surface area contributed by atoms with E-state index >= 15 is 0 Å². The van der Waals surface area contributed by atoms with Gasteiger partial charge in [0.2, 0.25) is 0 Å².